The first-order valence-corrected chi connectivity index (χ1v) is 7.31. The average molecular weight is 291 g/mol. The molecular weight excluding hydrogens is 266 g/mol. The van der Waals surface area contributed by atoms with Gasteiger partial charge < -0.3 is 10.9 Å². The molecule has 3 N–H and O–H groups in total. The number of hydrogen-bond donors (Lipinski definition) is 2. The minimum atomic E-state index is 0.0685. The van der Waals surface area contributed by atoms with Crippen LogP contribution in [0.15, 0.2) is 23.5 Å². The van der Waals surface area contributed by atoms with E-state index in [4.69, 9.17) is 10.9 Å². The summed E-state index contributed by atoms with van der Waals surface area (Å²) in [7, 11) is 0. The van der Waals surface area contributed by atoms with Crippen LogP contribution in [0.25, 0.3) is 0 Å². The van der Waals surface area contributed by atoms with Gasteiger partial charge in [0, 0.05) is 44.5 Å². The molecule has 0 unspecified atom stereocenters. The number of aromatic nitrogens is 1. The van der Waals surface area contributed by atoms with Crippen molar-refractivity contribution < 1.29 is 5.21 Å². The molecule has 2 rings (SSSR count). The van der Waals surface area contributed by atoms with Gasteiger partial charge in [-0.25, -0.2) is 0 Å². The molecule has 1 aromatic heterocycles. The number of nitrogens with zero attached hydrogens (tertiary/aromatic N) is 4. The molecule has 0 amide bonds. The molecule has 21 heavy (non-hydrogen) atoms. The predicted molar refractivity (Wildman–Crippen MR) is 83.4 cm³/mol. The van der Waals surface area contributed by atoms with Crippen LogP contribution in [0.5, 0.6) is 0 Å². The lowest BCUT2D eigenvalue weighted by Gasteiger charge is -2.42. The summed E-state index contributed by atoms with van der Waals surface area (Å²) in [6.07, 6.45) is 1.66. The van der Waals surface area contributed by atoms with E-state index in [0.29, 0.717) is 5.69 Å². The Hall–Kier alpha value is -1.66. The molecule has 1 aliphatic rings. The Morgan fingerprint density at radius 2 is 2.00 bits per heavy atom. The first-order valence-electron chi connectivity index (χ1n) is 7.31. The number of pyridine rings is 1. The third-order valence-corrected chi connectivity index (χ3v) is 3.96. The zero-order valence-corrected chi connectivity index (χ0v) is 13.1. The summed E-state index contributed by atoms with van der Waals surface area (Å²) in [5, 5.41) is 11.9. The average Bonchev–Trinajstić information content (AvgIpc) is 2.46. The summed E-state index contributed by atoms with van der Waals surface area (Å²) in [5.74, 6) is 0.0685. The van der Waals surface area contributed by atoms with Gasteiger partial charge in [-0.05, 0) is 32.4 Å². The molecule has 116 valence electrons. The molecule has 0 saturated carbocycles. The molecule has 0 aromatic carbocycles. The summed E-state index contributed by atoms with van der Waals surface area (Å²) < 4.78 is 0. The van der Waals surface area contributed by atoms with Gasteiger partial charge in [0.05, 0.1) is 0 Å². The molecule has 6 nitrogen and oxygen atoms in total. The van der Waals surface area contributed by atoms with Crippen molar-refractivity contribution >= 4 is 5.84 Å². The van der Waals surface area contributed by atoms with E-state index < -0.39 is 0 Å². The highest BCUT2D eigenvalue weighted by molar-refractivity contribution is 5.96. The molecular formula is C15H25N5O. The molecule has 2 heterocycles. The van der Waals surface area contributed by atoms with E-state index in [1.165, 1.54) is 0 Å². The van der Waals surface area contributed by atoms with Crippen molar-refractivity contribution in [3.63, 3.8) is 0 Å². The maximum absolute atomic E-state index is 8.85. The van der Waals surface area contributed by atoms with E-state index in [1.54, 1.807) is 6.20 Å². The van der Waals surface area contributed by atoms with Crippen molar-refractivity contribution in [2.45, 2.75) is 32.9 Å². The van der Waals surface area contributed by atoms with Gasteiger partial charge in [0.1, 0.15) is 5.69 Å². The molecule has 0 spiro atoms. The molecule has 1 aromatic rings. The van der Waals surface area contributed by atoms with E-state index in [2.05, 4.69) is 40.7 Å². The van der Waals surface area contributed by atoms with E-state index in [1.807, 2.05) is 12.1 Å². The second-order valence-electron chi connectivity index (χ2n) is 6.43. The standard InChI is InChI=1S/C15H25N5O/c1-15(2,3)20-9-7-19(8-10-20)11-12-5-4-6-17-13(12)14(16)18-21/h4-6,21H,7-11H2,1-3H3,(H2,16,18). The maximum atomic E-state index is 8.85. The largest absolute Gasteiger partial charge is 0.409 e. The topological polar surface area (TPSA) is 78.0 Å². The van der Waals surface area contributed by atoms with Crippen molar-refractivity contribution in [1.82, 2.24) is 14.8 Å². The maximum Gasteiger partial charge on any atom is 0.189 e. The summed E-state index contributed by atoms with van der Waals surface area (Å²) in [5.41, 5.74) is 7.48. The van der Waals surface area contributed by atoms with Crippen LogP contribution >= 0.6 is 0 Å². The summed E-state index contributed by atoms with van der Waals surface area (Å²) >= 11 is 0. The number of piperazine rings is 1. The second-order valence-corrected chi connectivity index (χ2v) is 6.43. The molecule has 1 saturated heterocycles. The Bertz CT molecular complexity index is 501. The first kappa shape index (κ1) is 15.7. The SMILES string of the molecule is CC(C)(C)N1CCN(Cc2cccnc2C(N)=NO)CC1. The van der Waals surface area contributed by atoms with E-state index >= 15 is 0 Å². The van der Waals surface area contributed by atoms with Gasteiger partial charge >= 0.3 is 0 Å². The summed E-state index contributed by atoms with van der Waals surface area (Å²) in [6, 6.07) is 3.87. The van der Waals surface area contributed by atoms with E-state index in [0.717, 1.165) is 38.3 Å². The minimum absolute atomic E-state index is 0.0685. The number of oxime groups is 1. The lowest BCUT2D eigenvalue weighted by atomic mass is 10.0. The van der Waals surface area contributed by atoms with E-state index in [9.17, 15) is 0 Å². The highest BCUT2D eigenvalue weighted by Crippen LogP contribution is 2.17. The zero-order chi connectivity index (χ0) is 15.5. The number of hydrogen-bond acceptors (Lipinski definition) is 5. The number of nitrogens with two attached hydrogens (primary N) is 1. The Kier molecular flexibility index (Phi) is 4.80. The third-order valence-electron chi connectivity index (χ3n) is 3.96. The number of amidine groups is 1. The highest BCUT2D eigenvalue weighted by atomic mass is 16.4. The van der Waals surface area contributed by atoms with Crippen LogP contribution in [0.3, 0.4) is 0 Å². The van der Waals surface area contributed by atoms with Crippen LogP contribution < -0.4 is 5.73 Å². The van der Waals surface area contributed by atoms with Gasteiger partial charge in [-0.3, -0.25) is 14.8 Å². The summed E-state index contributed by atoms with van der Waals surface area (Å²) in [6.45, 7) is 11.7. The second kappa shape index (κ2) is 6.41. The minimum Gasteiger partial charge on any atom is -0.409 e. The van der Waals surface area contributed by atoms with Gasteiger partial charge in [0.15, 0.2) is 5.84 Å². The lowest BCUT2D eigenvalue weighted by Crippen LogP contribution is -2.53. The normalized spacial score (nSPS) is 18.9. The van der Waals surface area contributed by atoms with Crippen molar-refractivity contribution in [1.29, 1.82) is 0 Å². The molecule has 1 fully saturated rings. The van der Waals surface area contributed by atoms with E-state index in [-0.39, 0.29) is 11.4 Å². The molecule has 0 bridgehead atoms. The van der Waals surface area contributed by atoms with Gasteiger partial charge in [-0.15, -0.1) is 0 Å². The molecule has 6 heteroatoms. The molecule has 0 radical (unpaired) electrons. The van der Waals surface area contributed by atoms with Crippen LogP contribution in [-0.2, 0) is 6.54 Å². The fraction of sp³-hybridized carbons (Fsp3) is 0.600. The van der Waals surface area contributed by atoms with Crippen LogP contribution in [-0.4, -0.2) is 57.5 Å². The third kappa shape index (κ3) is 3.92. The van der Waals surface area contributed by atoms with Gasteiger partial charge in [-0.1, -0.05) is 11.2 Å². The fourth-order valence-corrected chi connectivity index (χ4v) is 2.66. The van der Waals surface area contributed by atoms with Crippen LogP contribution in [0, 0.1) is 0 Å². The lowest BCUT2D eigenvalue weighted by molar-refractivity contribution is 0.0590. The van der Waals surface area contributed by atoms with Crippen LogP contribution in [0.1, 0.15) is 32.0 Å². The summed E-state index contributed by atoms with van der Waals surface area (Å²) in [4.78, 5) is 9.10. The Balaban J connectivity index is 2.02. The molecule has 1 aliphatic heterocycles. The first-order chi connectivity index (χ1) is 9.91. The quantitative estimate of drug-likeness (QED) is 0.377. The van der Waals surface area contributed by atoms with Gasteiger partial charge in [0.25, 0.3) is 0 Å². The van der Waals surface area contributed by atoms with Crippen LogP contribution in [0.4, 0.5) is 0 Å². The number of rotatable bonds is 3. The van der Waals surface area contributed by atoms with Gasteiger partial charge in [-0.2, -0.15) is 0 Å². The van der Waals surface area contributed by atoms with Crippen LogP contribution in [0.2, 0.25) is 0 Å². The molecule has 0 atom stereocenters. The fourth-order valence-electron chi connectivity index (χ4n) is 2.66. The monoisotopic (exact) mass is 291 g/mol. The predicted octanol–water partition coefficient (Wildman–Crippen LogP) is 1.09. The Morgan fingerprint density at radius 1 is 1.33 bits per heavy atom. The Labute approximate surface area is 126 Å². The van der Waals surface area contributed by atoms with Gasteiger partial charge in [0.2, 0.25) is 0 Å². The van der Waals surface area contributed by atoms with Crippen molar-refractivity contribution in [2.75, 3.05) is 26.2 Å². The zero-order valence-electron chi connectivity index (χ0n) is 13.1. The highest BCUT2D eigenvalue weighted by Gasteiger charge is 2.26. The Morgan fingerprint density at radius 3 is 2.57 bits per heavy atom. The van der Waals surface area contributed by atoms with Crippen molar-refractivity contribution in [3.05, 3.63) is 29.6 Å². The smallest absolute Gasteiger partial charge is 0.189 e. The molecule has 0 aliphatic carbocycles. The van der Waals surface area contributed by atoms with Crippen molar-refractivity contribution in [2.24, 2.45) is 10.9 Å². The van der Waals surface area contributed by atoms with Crippen molar-refractivity contribution in [3.8, 4) is 0 Å².